The van der Waals surface area contributed by atoms with Gasteiger partial charge in [-0.05, 0) is 37.6 Å². The maximum atomic E-state index is 11.1. The van der Waals surface area contributed by atoms with Crippen LogP contribution in [-0.2, 0) is 9.47 Å². The summed E-state index contributed by atoms with van der Waals surface area (Å²) in [6.07, 6.45) is 7.06. The number of nitrogens with zero attached hydrogens (tertiary/aromatic N) is 2. The molecule has 0 fully saturated rings. The second-order valence-corrected chi connectivity index (χ2v) is 4.34. The Bertz CT molecular complexity index is 588. The van der Waals surface area contributed by atoms with E-state index >= 15 is 0 Å². The van der Waals surface area contributed by atoms with Crippen LogP contribution in [0.5, 0.6) is 0 Å². The molecule has 0 saturated heterocycles. The molecule has 0 spiro atoms. The summed E-state index contributed by atoms with van der Waals surface area (Å²) in [6, 6.07) is 6.77. The Morgan fingerprint density at radius 1 is 0.913 bits per heavy atom. The molecule has 0 N–H and O–H groups in total. The zero-order chi connectivity index (χ0) is 16.9. The van der Waals surface area contributed by atoms with E-state index in [0.717, 1.165) is 6.42 Å². The Balaban J connectivity index is 0.000000231. The van der Waals surface area contributed by atoms with E-state index in [1.54, 1.807) is 43.6 Å². The van der Waals surface area contributed by atoms with Gasteiger partial charge < -0.3 is 9.47 Å². The Morgan fingerprint density at radius 2 is 1.43 bits per heavy atom. The lowest BCUT2D eigenvalue weighted by molar-refractivity contribution is 0.0501. The summed E-state index contributed by atoms with van der Waals surface area (Å²) in [5, 5.41) is 0. The second kappa shape index (κ2) is 10.9. The van der Waals surface area contributed by atoms with Gasteiger partial charge in [-0.15, -0.1) is 0 Å². The highest BCUT2D eigenvalue weighted by atomic mass is 16.5. The van der Waals surface area contributed by atoms with Gasteiger partial charge in [0.05, 0.1) is 24.3 Å². The van der Waals surface area contributed by atoms with Gasteiger partial charge in [-0.1, -0.05) is 6.92 Å². The number of hydrogen-bond donors (Lipinski definition) is 0. The number of carbonyl (C=O) groups excluding carboxylic acids is 2. The van der Waals surface area contributed by atoms with Gasteiger partial charge >= 0.3 is 11.9 Å². The molecule has 122 valence electrons. The number of pyridine rings is 2. The Hall–Kier alpha value is -2.76. The summed E-state index contributed by atoms with van der Waals surface area (Å²) in [5.41, 5.74) is 1.00. The van der Waals surface area contributed by atoms with Crippen LogP contribution >= 0.6 is 0 Å². The first-order valence-electron chi connectivity index (χ1n) is 7.33. The van der Waals surface area contributed by atoms with Crippen molar-refractivity contribution < 1.29 is 19.1 Å². The fraction of sp³-hybridized carbons (Fsp3) is 0.294. The van der Waals surface area contributed by atoms with Gasteiger partial charge in [-0.25, -0.2) is 9.59 Å². The molecule has 6 nitrogen and oxygen atoms in total. The monoisotopic (exact) mass is 316 g/mol. The van der Waals surface area contributed by atoms with Crippen LogP contribution in [0.2, 0.25) is 0 Å². The third kappa shape index (κ3) is 7.17. The summed E-state index contributed by atoms with van der Waals surface area (Å²) in [7, 11) is 0. The Kier molecular flexibility index (Phi) is 8.66. The average molecular weight is 316 g/mol. The van der Waals surface area contributed by atoms with Crippen LogP contribution in [0.3, 0.4) is 0 Å². The van der Waals surface area contributed by atoms with Crippen molar-refractivity contribution in [1.82, 2.24) is 9.97 Å². The molecule has 0 radical (unpaired) electrons. The number of hydrogen-bond acceptors (Lipinski definition) is 6. The van der Waals surface area contributed by atoms with Gasteiger partial charge in [0.25, 0.3) is 0 Å². The lowest BCUT2D eigenvalue weighted by atomic mass is 10.3. The van der Waals surface area contributed by atoms with Gasteiger partial charge in [0.1, 0.15) is 0 Å². The molecule has 0 atom stereocenters. The minimum absolute atomic E-state index is 0.301. The van der Waals surface area contributed by atoms with Crippen LogP contribution in [0, 0.1) is 0 Å². The molecule has 2 heterocycles. The third-order valence-electron chi connectivity index (χ3n) is 2.51. The van der Waals surface area contributed by atoms with Gasteiger partial charge in [-0.3, -0.25) is 9.97 Å². The van der Waals surface area contributed by atoms with Gasteiger partial charge in [0, 0.05) is 24.8 Å². The number of ether oxygens (including phenoxy) is 2. The number of rotatable bonds is 5. The molecule has 23 heavy (non-hydrogen) atoms. The maximum absolute atomic E-state index is 11.1. The molecule has 2 aromatic heterocycles. The van der Waals surface area contributed by atoms with Crippen molar-refractivity contribution in [2.75, 3.05) is 13.2 Å². The first kappa shape index (κ1) is 18.3. The molecule has 0 amide bonds. The maximum Gasteiger partial charge on any atom is 0.339 e. The Labute approximate surface area is 135 Å². The lowest BCUT2D eigenvalue weighted by Crippen LogP contribution is -2.05. The molecule has 2 rings (SSSR count). The van der Waals surface area contributed by atoms with Crippen LogP contribution in [0.25, 0.3) is 0 Å². The highest BCUT2D eigenvalue weighted by molar-refractivity contribution is 5.89. The summed E-state index contributed by atoms with van der Waals surface area (Å²) < 4.78 is 9.65. The molecule has 0 saturated carbocycles. The summed E-state index contributed by atoms with van der Waals surface area (Å²) in [4.78, 5) is 29.7. The molecular weight excluding hydrogens is 296 g/mol. The van der Waals surface area contributed by atoms with E-state index in [2.05, 4.69) is 9.97 Å². The number of carbonyl (C=O) groups is 2. The molecule has 0 aromatic carbocycles. The van der Waals surface area contributed by atoms with Crippen LogP contribution in [-0.4, -0.2) is 35.1 Å². The largest absolute Gasteiger partial charge is 0.462 e. The summed E-state index contributed by atoms with van der Waals surface area (Å²) in [6.45, 7) is 4.59. The third-order valence-corrected chi connectivity index (χ3v) is 2.51. The van der Waals surface area contributed by atoms with Gasteiger partial charge in [0.2, 0.25) is 0 Å². The van der Waals surface area contributed by atoms with E-state index in [9.17, 15) is 9.59 Å². The summed E-state index contributed by atoms with van der Waals surface area (Å²) in [5.74, 6) is -0.620. The van der Waals surface area contributed by atoms with E-state index < -0.39 is 0 Å². The first-order valence-corrected chi connectivity index (χ1v) is 7.33. The van der Waals surface area contributed by atoms with Crippen molar-refractivity contribution in [3.63, 3.8) is 0 Å². The highest BCUT2D eigenvalue weighted by Gasteiger charge is 2.04. The van der Waals surface area contributed by atoms with E-state index in [4.69, 9.17) is 9.47 Å². The van der Waals surface area contributed by atoms with Gasteiger partial charge in [-0.2, -0.15) is 0 Å². The number of esters is 2. The molecule has 0 bridgehead atoms. The second-order valence-electron chi connectivity index (χ2n) is 4.34. The molecule has 2 aromatic rings. The number of aromatic nitrogens is 2. The molecule has 0 aliphatic rings. The molecular formula is C17H20N2O4. The first-order chi connectivity index (χ1) is 11.2. The fourth-order valence-electron chi connectivity index (χ4n) is 1.46. The van der Waals surface area contributed by atoms with Crippen LogP contribution in [0.4, 0.5) is 0 Å². The lowest BCUT2D eigenvalue weighted by Gasteiger charge is -2.00. The van der Waals surface area contributed by atoms with E-state index in [-0.39, 0.29) is 11.9 Å². The van der Waals surface area contributed by atoms with E-state index in [1.807, 2.05) is 6.92 Å². The smallest absolute Gasteiger partial charge is 0.339 e. The molecule has 0 aliphatic heterocycles. The van der Waals surface area contributed by atoms with Crippen molar-refractivity contribution in [3.05, 3.63) is 60.2 Å². The van der Waals surface area contributed by atoms with Crippen LogP contribution < -0.4 is 0 Å². The molecule has 0 unspecified atom stereocenters. The van der Waals surface area contributed by atoms with Crippen molar-refractivity contribution >= 4 is 11.9 Å². The standard InChI is InChI=1S/C9H11NO2.C8H9NO2/c1-2-6-12-9(11)8-4-3-5-10-7-8;1-2-11-8(10)7-4-3-5-9-6-7/h3-5,7H,2,6H2,1H3;3-6H,2H2,1H3. The topological polar surface area (TPSA) is 78.4 Å². The zero-order valence-corrected chi connectivity index (χ0v) is 13.3. The van der Waals surface area contributed by atoms with Crippen LogP contribution in [0.1, 0.15) is 41.0 Å². The van der Waals surface area contributed by atoms with E-state index in [1.165, 1.54) is 12.4 Å². The highest BCUT2D eigenvalue weighted by Crippen LogP contribution is 1.99. The zero-order valence-electron chi connectivity index (χ0n) is 13.3. The van der Waals surface area contributed by atoms with Crippen molar-refractivity contribution in [2.45, 2.75) is 20.3 Å². The Morgan fingerprint density at radius 3 is 1.83 bits per heavy atom. The molecule has 0 aliphatic carbocycles. The molecule has 6 heteroatoms. The van der Waals surface area contributed by atoms with Crippen LogP contribution in [0.15, 0.2) is 49.1 Å². The van der Waals surface area contributed by atoms with E-state index in [0.29, 0.717) is 24.3 Å². The summed E-state index contributed by atoms with van der Waals surface area (Å²) >= 11 is 0. The minimum atomic E-state index is -0.319. The normalized spacial score (nSPS) is 9.30. The quantitative estimate of drug-likeness (QED) is 0.789. The van der Waals surface area contributed by atoms with Gasteiger partial charge in [0.15, 0.2) is 0 Å². The average Bonchev–Trinajstić information content (AvgIpc) is 2.62. The van der Waals surface area contributed by atoms with Crippen molar-refractivity contribution in [3.8, 4) is 0 Å². The SMILES string of the molecule is CCCOC(=O)c1cccnc1.CCOC(=O)c1cccnc1. The predicted molar refractivity (Wildman–Crippen MR) is 85.0 cm³/mol. The minimum Gasteiger partial charge on any atom is -0.462 e. The fourth-order valence-corrected chi connectivity index (χ4v) is 1.46. The van der Waals surface area contributed by atoms with Crippen molar-refractivity contribution in [1.29, 1.82) is 0 Å². The predicted octanol–water partition coefficient (Wildman–Crippen LogP) is 2.91. The van der Waals surface area contributed by atoms with Crippen molar-refractivity contribution in [2.24, 2.45) is 0 Å².